The first-order chi connectivity index (χ1) is 7.81. The quantitative estimate of drug-likeness (QED) is 0.841. The van der Waals surface area contributed by atoms with Gasteiger partial charge in [0.2, 0.25) is 0 Å². The third-order valence-corrected chi connectivity index (χ3v) is 3.19. The number of hydrogen-bond donors (Lipinski definition) is 1. The number of halogens is 1. The maximum atomic E-state index is 5.70. The van der Waals surface area contributed by atoms with Crippen LogP contribution in [0.5, 0.6) is 5.75 Å². The second-order valence-corrected chi connectivity index (χ2v) is 4.73. The largest absolute Gasteiger partial charge is 0.493 e. The number of nitrogens with one attached hydrogen (secondary N) is 1. The van der Waals surface area contributed by atoms with Gasteiger partial charge in [0.25, 0.3) is 0 Å². The van der Waals surface area contributed by atoms with E-state index in [2.05, 4.69) is 33.2 Å². The second kappa shape index (κ2) is 5.38. The van der Waals surface area contributed by atoms with E-state index >= 15 is 0 Å². The molecule has 0 aromatic heterocycles. The van der Waals surface area contributed by atoms with Gasteiger partial charge in [-0.15, -0.1) is 6.42 Å². The van der Waals surface area contributed by atoms with Crippen LogP contribution in [0.15, 0.2) is 22.7 Å². The first-order valence-electron chi connectivity index (χ1n) is 5.40. The van der Waals surface area contributed by atoms with Gasteiger partial charge in [-0.05, 0) is 31.0 Å². The SMILES string of the molecule is C#CCNC1CCCOc2ccc(Br)cc21. The van der Waals surface area contributed by atoms with Crippen molar-refractivity contribution >= 4 is 15.9 Å². The molecule has 1 unspecified atom stereocenters. The van der Waals surface area contributed by atoms with E-state index in [0.29, 0.717) is 12.6 Å². The molecule has 1 heterocycles. The first kappa shape index (κ1) is 11.5. The predicted molar refractivity (Wildman–Crippen MR) is 68.4 cm³/mol. The van der Waals surface area contributed by atoms with Gasteiger partial charge in [-0.1, -0.05) is 21.9 Å². The monoisotopic (exact) mass is 279 g/mol. The van der Waals surface area contributed by atoms with Gasteiger partial charge in [0.15, 0.2) is 0 Å². The Kier molecular flexibility index (Phi) is 3.87. The van der Waals surface area contributed by atoms with Crippen LogP contribution >= 0.6 is 15.9 Å². The molecule has 0 amide bonds. The summed E-state index contributed by atoms with van der Waals surface area (Å²) >= 11 is 3.49. The molecule has 0 bridgehead atoms. The van der Waals surface area contributed by atoms with Crippen LogP contribution in [0.1, 0.15) is 24.4 Å². The molecule has 1 N–H and O–H groups in total. The number of hydrogen-bond acceptors (Lipinski definition) is 2. The summed E-state index contributed by atoms with van der Waals surface area (Å²) in [5, 5.41) is 3.36. The van der Waals surface area contributed by atoms with Gasteiger partial charge in [-0.2, -0.15) is 0 Å². The van der Waals surface area contributed by atoms with Crippen LogP contribution in [0.2, 0.25) is 0 Å². The molecule has 3 heteroatoms. The van der Waals surface area contributed by atoms with Crippen LogP contribution in [-0.2, 0) is 0 Å². The molecule has 1 aromatic rings. The Morgan fingerprint density at radius 3 is 3.25 bits per heavy atom. The second-order valence-electron chi connectivity index (χ2n) is 3.81. The van der Waals surface area contributed by atoms with Crippen molar-refractivity contribution in [3.63, 3.8) is 0 Å². The Bertz CT molecular complexity index is 411. The summed E-state index contributed by atoms with van der Waals surface area (Å²) in [6, 6.07) is 6.41. The molecule has 0 saturated carbocycles. The smallest absolute Gasteiger partial charge is 0.124 e. The summed E-state index contributed by atoms with van der Waals surface area (Å²) < 4.78 is 6.77. The van der Waals surface area contributed by atoms with Crippen molar-refractivity contribution in [1.82, 2.24) is 5.32 Å². The topological polar surface area (TPSA) is 21.3 Å². The van der Waals surface area contributed by atoms with Gasteiger partial charge in [0.1, 0.15) is 5.75 Å². The lowest BCUT2D eigenvalue weighted by Crippen LogP contribution is -2.21. The molecule has 0 saturated heterocycles. The summed E-state index contributed by atoms with van der Waals surface area (Å²) in [7, 11) is 0. The van der Waals surface area contributed by atoms with Crippen molar-refractivity contribution in [3.8, 4) is 18.1 Å². The standard InChI is InChI=1S/C13H14BrNO/c1-2-7-15-12-4-3-8-16-13-6-5-10(14)9-11(12)13/h1,5-6,9,12,15H,3-4,7-8H2. The van der Waals surface area contributed by atoms with Crippen molar-refractivity contribution in [2.24, 2.45) is 0 Å². The van der Waals surface area contributed by atoms with Crippen LogP contribution in [0.4, 0.5) is 0 Å². The van der Waals surface area contributed by atoms with E-state index < -0.39 is 0 Å². The molecule has 1 aromatic carbocycles. The Morgan fingerprint density at radius 1 is 1.56 bits per heavy atom. The van der Waals surface area contributed by atoms with Gasteiger partial charge in [0, 0.05) is 16.1 Å². The van der Waals surface area contributed by atoms with Crippen LogP contribution < -0.4 is 10.1 Å². The van der Waals surface area contributed by atoms with Crippen molar-refractivity contribution in [2.45, 2.75) is 18.9 Å². The van der Waals surface area contributed by atoms with Crippen molar-refractivity contribution in [1.29, 1.82) is 0 Å². The van der Waals surface area contributed by atoms with Crippen molar-refractivity contribution in [3.05, 3.63) is 28.2 Å². The van der Waals surface area contributed by atoms with E-state index in [1.807, 2.05) is 12.1 Å². The van der Waals surface area contributed by atoms with Gasteiger partial charge in [-0.3, -0.25) is 5.32 Å². The predicted octanol–water partition coefficient (Wildman–Crippen LogP) is 2.89. The van der Waals surface area contributed by atoms with E-state index in [1.165, 1.54) is 5.56 Å². The molecule has 1 atom stereocenters. The van der Waals surface area contributed by atoms with Gasteiger partial charge in [0.05, 0.1) is 13.2 Å². The molecule has 0 radical (unpaired) electrons. The maximum absolute atomic E-state index is 5.70. The van der Waals surface area contributed by atoms with E-state index in [9.17, 15) is 0 Å². The summed E-state index contributed by atoms with van der Waals surface area (Å²) in [4.78, 5) is 0. The zero-order valence-corrected chi connectivity index (χ0v) is 10.6. The normalized spacial score (nSPS) is 19.1. The highest BCUT2D eigenvalue weighted by molar-refractivity contribution is 9.10. The third kappa shape index (κ3) is 2.58. The Labute approximate surface area is 105 Å². The van der Waals surface area contributed by atoms with Crippen LogP contribution in [0.3, 0.4) is 0 Å². The highest BCUT2D eigenvalue weighted by Gasteiger charge is 2.19. The molecule has 0 aliphatic carbocycles. The number of rotatable bonds is 2. The molecule has 0 fully saturated rings. The Balaban J connectivity index is 2.28. The highest BCUT2D eigenvalue weighted by atomic mass is 79.9. The number of terminal acetylenes is 1. The zero-order valence-electron chi connectivity index (χ0n) is 9.00. The Morgan fingerprint density at radius 2 is 2.44 bits per heavy atom. The van der Waals surface area contributed by atoms with Crippen molar-refractivity contribution < 1.29 is 4.74 Å². The number of fused-ring (bicyclic) bond motifs is 1. The van der Waals surface area contributed by atoms with Gasteiger partial charge in [-0.25, -0.2) is 0 Å². The van der Waals surface area contributed by atoms with Gasteiger partial charge < -0.3 is 4.74 Å². The van der Waals surface area contributed by atoms with E-state index in [4.69, 9.17) is 11.2 Å². The fourth-order valence-electron chi connectivity index (χ4n) is 1.94. The lowest BCUT2D eigenvalue weighted by molar-refractivity contribution is 0.315. The minimum absolute atomic E-state index is 0.297. The molecular formula is C13H14BrNO. The maximum Gasteiger partial charge on any atom is 0.124 e. The summed E-state index contributed by atoms with van der Waals surface area (Å²) in [6.45, 7) is 1.37. The molecule has 0 spiro atoms. The van der Waals surface area contributed by atoms with Crippen LogP contribution in [-0.4, -0.2) is 13.2 Å². The summed E-state index contributed by atoms with van der Waals surface area (Å²) in [5.74, 6) is 3.58. The zero-order chi connectivity index (χ0) is 11.4. The Hall–Kier alpha value is -0.980. The first-order valence-corrected chi connectivity index (χ1v) is 6.19. The molecular weight excluding hydrogens is 266 g/mol. The molecule has 1 aliphatic heterocycles. The van der Waals surface area contributed by atoms with E-state index in [0.717, 1.165) is 29.7 Å². The number of ether oxygens (including phenoxy) is 1. The third-order valence-electron chi connectivity index (χ3n) is 2.69. The molecule has 84 valence electrons. The number of benzene rings is 1. The fraction of sp³-hybridized carbons (Fsp3) is 0.385. The van der Waals surface area contributed by atoms with Gasteiger partial charge >= 0.3 is 0 Å². The lowest BCUT2D eigenvalue weighted by atomic mass is 10.0. The molecule has 16 heavy (non-hydrogen) atoms. The molecule has 2 rings (SSSR count). The summed E-state index contributed by atoms with van der Waals surface area (Å²) in [6.07, 6.45) is 7.39. The van der Waals surface area contributed by atoms with Crippen molar-refractivity contribution in [2.75, 3.05) is 13.2 Å². The highest BCUT2D eigenvalue weighted by Crippen LogP contribution is 2.33. The molecule has 2 nitrogen and oxygen atoms in total. The van der Waals surface area contributed by atoms with E-state index in [-0.39, 0.29) is 0 Å². The summed E-state index contributed by atoms with van der Waals surface area (Å²) in [5.41, 5.74) is 1.20. The van der Waals surface area contributed by atoms with Crippen LogP contribution in [0, 0.1) is 12.3 Å². The van der Waals surface area contributed by atoms with Crippen LogP contribution in [0.25, 0.3) is 0 Å². The molecule has 1 aliphatic rings. The van der Waals surface area contributed by atoms with E-state index in [1.54, 1.807) is 0 Å². The average molecular weight is 280 g/mol. The minimum atomic E-state index is 0.297. The fourth-order valence-corrected chi connectivity index (χ4v) is 2.32. The minimum Gasteiger partial charge on any atom is -0.493 e. The lowest BCUT2D eigenvalue weighted by Gasteiger charge is -2.17. The average Bonchev–Trinajstić information content (AvgIpc) is 2.48.